The number of aliphatic hydroxyl groups excluding tert-OH is 1. The summed E-state index contributed by atoms with van der Waals surface area (Å²) >= 11 is 3.32. The first-order chi connectivity index (χ1) is 28.0. The van der Waals surface area contributed by atoms with E-state index in [1.807, 2.05) is 75.7 Å². The van der Waals surface area contributed by atoms with Crippen molar-refractivity contribution in [2.75, 3.05) is 32.8 Å². The average molecular weight is 822 g/mol. The molecule has 4 atom stereocenters. The molecule has 6 aromatic rings. The number of likely N-dealkylation sites (tertiary alicyclic amines) is 2. The Bertz CT molecular complexity index is 2390. The summed E-state index contributed by atoms with van der Waals surface area (Å²) in [7, 11) is 0. The summed E-state index contributed by atoms with van der Waals surface area (Å²) in [6, 6.07) is 19.8. The molecule has 58 heavy (non-hydrogen) atoms. The number of ether oxygens (including phenoxy) is 1. The Labute approximate surface area is 344 Å². The van der Waals surface area contributed by atoms with Crippen LogP contribution in [0, 0.1) is 12.8 Å². The van der Waals surface area contributed by atoms with Gasteiger partial charge in [0.05, 0.1) is 45.2 Å². The minimum Gasteiger partial charge on any atom is -0.507 e. The van der Waals surface area contributed by atoms with Crippen LogP contribution in [0.4, 0.5) is 0 Å². The molecular weight excluding hydrogens is 775 g/mol. The Kier molecular flexibility index (Phi) is 11.6. The summed E-state index contributed by atoms with van der Waals surface area (Å²) in [5.41, 5.74) is 7.01. The van der Waals surface area contributed by atoms with Gasteiger partial charge in [0.2, 0.25) is 11.8 Å². The number of β-amino-alcohol motifs (C(OH)–C–C–N with tert-alkyl or cyclic N) is 1. The number of nitrogens with zero attached hydrogens (tertiary/aromatic N) is 6. The number of fused-ring (bicyclic) bond motifs is 1. The molecule has 0 aliphatic carbocycles. The SMILES string of the molecule is Cc1ncsc1-c1ccc([C@H](C)NC(=O)[C@@H]2C[C@@H](O)CN2C(=O)[C@@H](c2cc(OCCCN3CC(c4cc5nnc(-c6ccccc6O)cc5s4)C3)no2)C(C)C)cc1. The first-order valence-corrected chi connectivity index (χ1v) is 21.4. The molecule has 3 N–H and O–H groups in total. The van der Waals surface area contributed by atoms with Crippen LogP contribution in [0.5, 0.6) is 11.6 Å². The monoisotopic (exact) mass is 821 g/mol. The lowest BCUT2D eigenvalue weighted by molar-refractivity contribution is -0.141. The molecule has 4 aromatic heterocycles. The Hall–Kier alpha value is -5.22. The number of para-hydroxylation sites is 1. The second-order valence-corrected chi connectivity index (χ2v) is 17.6. The highest BCUT2D eigenvalue weighted by Gasteiger charge is 2.43. The first kappa shape index (κ1) is 39.6. The number of phenols is 1. The van der Waals surface area contributed by atoms with Gasteiger partial charge in [-0.1, -0.05) is 50.2 Å². The van der Waals surface area contributed by atoms with Crippen LogP contribution in [-0.2, 0) is 9.59 Å². The zero-order chi connectivity index (χ0) is 40.5. The molecule has 8 rings (SSSR count). The van der Waals surface area contributed by atoms with Crippen LogP contribution in [0.25, 0.3) is 31.9 Å². The summed E-state index contributed by atoms with van der Waals surface area (Å²) in [4.78, 5) is 38.4. The minimum absolute atomic E-state index is 0.0594. The number of aromatic hydroxyl groups is 1. The van der Waals surface area contributed by atoms with Crippen molar-refractivity contribution < 1.29 is 29.1 Å². The molecule has 2 amide bonds. The van der Waals surface area contributed by atoms with Crippen molar-refractivity contribution in [3.63, 3.8) is 0 Å². The molecule has 2 aromatic carbocycles. The standard InChI is InChI=1S/C43H47N7O6S2/c1-24(2)40(43(54)50-22-30(51)16-34(50)42(53)45-25(3)27-10-12-28(13-11-27)41-26(4)44-23-57-41)36-19-39(48-56-36)55-15-7-14-49-20-29(21-49)37-18-33-38(58-37)17-32(46-47-33)31-8-5-6-9-35(31)52/h5-6,8-13,17-19,23-25,29-30,34,40,51-52H,7,14-16,20-22H2,1-4H3,(H,45,53)/t25-,30+,34-,40+/m0/s1. The lowest BCUT2D eigenvalue weighted by Gasteiger charge is -2.38. The lowest BCUT2D eigenvalue weighted by atomic mass is 9.91. The molecule has 0 radical (unpaired) electrons. The van der Waals surface area contributed by atoms with E-state index in [-0.39, 0.29) is 42.5 Å². The summed E-state index contributed by atoms with van der Waals surface area (Å²) in [5.74, 6) is -0.179. The van der Waals surface area contributed by atoms with Gasteiger partial charge in [0.15, 0.2) is 5.76 Å². The number of phenolic OH excluding ortho intramolecular Hbond substituents is 1. The van der Waals surface area contributed by atoms with E-state index in [9.17, 15) is 19.8 Å². The van der Waals surface area contributed by atoms with Gasteiger partial charge in [-0.25, -0.2) is 4.98 Å². The largest absolute Gasteiger partial charge is 0.507 e. The van der Waals surface area contributed by atoms with E-state index in [1.165, 1.54) is 9.78 Å². The van der Waals surface area contributed by atoms with E-state index in [0.717, 1.165) is 58.0 Å². The quantitative estimate of drug-likeness (QED) is 0.0976. The fraction of sp³-hybridized carbons (Fsp3) is 0.395. The highest BCUT2D eigenvalue weighted by atomic mass is 32.1. The smallest absolute Gasteiger partial charge is 0.254 e. The van der Waals surface area contributed by atoms with E-state index in [0.29, 0.717) is 35.4 Å². The van der Waals surface area contributed by atoms with Crippen LogP contribution < -0.4 is 10.1 Å². The third-order valence-electron chi connectivity index (χ3n) is 11.1. The van der Waals surface area contributed by atoms with Gasteiger partial charge in [-0.3, -0.25) is 9.59 Å². The number of thiophene rings is 1. The predicted octanol–water partition coefficient (Wildman–Crippen LogP) is 6.93. The van der Waals surface area contributed by atoms with E-state index < -0.39 is 18.1 Å². The van der Waals surface area contributed by atoms with Crippen LogP contribution in [0.2, 0.25) is 0 Å². The molecule has 302 valence electrons. The van der Waals surface area contributed by atoms with Crippen molar-refractivity contribution in [3.05, 3.63) is 94.1 Å². The number of rotatable bonds is 14. The highest BCUT2D eigenvalue weighted by Crippen LogP contribution is 2.38. The summed E-state index contributed by atoms with van der Waals surface area (Å²) < 4.78 is 12.7. The number of aliphatic hydroxyl groups is 1. The Morgan fingerprint density at radius 2 is 1.83 bits per heavy atom. The molecule has 0 bridgehead atoms. The van der Waals surface area contributed by atoms with Crippen molar-refractivity contribution in [1.82, 2.24) is 35.5 Å². The Balaban J connectivity index is 0.816. The average Bonchev–Trinajstić information content (AvgIpc) is 4.01. The van der Waals surface area contributed by atoms with Crippen molar-refractivity contribution in [2.24, 2.45) is 5.92 Å². The number of benzene rings is 2. The van der Waals surface area contributed by atoms with Crippen molar-refractivity contribution >= 4 is 44.7 Å². The minimum atomic E-state index is -0.819. The molecule has 6 heterocycles. The number of amides is 2. The molecule has 2 fully saturated rings. The number of thiazole rings is 1. The fourth-order valence-corrected chi connectivity index (χ4v) is 9.81. The molecule has 2 aliphatic heterocycles. The Morgan fingerprint density at radius 1 is 1.03 bits per heavy atom. The van der Waals surface area contributed by atoms with Gasteiger partial charge < -0.3 is 34.6 Å². The van der Waals surface area contributed by atoms with Gasteiger partial charge in [0.1, 0.15) is 23.2 Å². The normalized spacial score (nSPS) is 18.4. The molecule has 0 saturated carbocycles. The highest BCUT2D eigenvalue weighted by molar-refractivity contribution is 7.19. The molecule has 0 spiro atoms. The van der Waals surface area contributed by atoms with Gasteiger partial charge in [0.25, 0.3) is 5.88 Å². The number of aromatic nitrogens is 4. The zero-order valence-corrected chi connectivity index (χ0v) is 34.5. The van der Waals surface area contributed by atoms with Crippen LogP contribution in [-0.4, -0.2) is 97.1 Å². The molecule has 15 heteroatoms. The van der Waals surface area contributed by atoms with Gasteiger partial charge in [-0.15, -0.1) is 32.9 Å². The van der Waals surface area contributed by atoms with Crippen molar-refractivity contribution in [1.29, 1.82) is 0 Å². The van der Waals surface area contributed by atoms with Gasteiger partial charge in [-0.2, -0.15) is 0 Å². The first-order valence-electron chi connectivity index (χ1n) is 19.7. The number of carbonyl (C=O) groups excluding carboxylic acids is 2. The number of carbonyl (C=O) groups is 2. The number of hydrogen-bond donors (Lipinski definition) is 3. The number of hydrogen-bond acceptors (Lipinski definition) is 13. The Morgan fingerprint density at radius 3 is 2.57 bits per heavy atom. The second-order valence-electron chi connectivity index (χ2n) is 15.6. The predicted molar refractivity (Wildman–Crippen MR) is 223 cm³/mol. The summed E-state index contributed by atoms with van der Waals surface area (Å²) in [6.07, 6.45) is 0.130. The van der Waals surface area contributed by atoms with E-state index >= 15 is 0 Å². The maximum atomic E-state index is 14.1. The van der Waals surface area contributed by atoms with E-state index in [2.05, 4.69) is 36.6 Å². The van der Waals surface area contributed by atoms with Gasteiger partial charge >= 0.3 is 0 Å². The molecule has 13 nitrogen and oxygen atoms in total. The van der Waals surface area contributed by atoms with Crippen LogP contribution in [0.1, 0.15) is 73.4 Å². The number of nitrogens with one attached hydrogen (secondary N) is 1. The van der Waals surface area contributed by atoms with Crippen LogP contribution in [0.15, 0.2) is 76.8 Å². The second kappa shape index (κ2) is 16.9. The van der Waals surface area contributed by atoms with E-state index in [4.69, 9.17) is 9.26 Å². The molecular formula is C43H47N7O6S2. The summed E-state index contributed by atoms with van der Waals surface area (Å²) in [6.45, 7) is 11.0. The third kappa shape index (κ3) is 8.35. The fourth-order valence-electron chi connectivity index (χ4n) is 7.88. The van der Waals surface area contributed by atoms with Crippen molar-refractivity contribution in [2.45, 2.75) is 70.6 Å². The molecule has 2 saturated heterocycles. The zero-order valence-electron chi connectivity index (χ0n) is 32.9. The van der Waals surface area contributed by atoms with Crippen molar-refractivity contribution in [3.8, 4) is 33.3 Å². The maximum absolute atomic E-state index is 14.1. The van der Waals surface area contributed by atoms with E-state index in [1.54, 1.807) is 40.9 Å². The van der Waals surface area contributed by atoms with Crippen LogP contribution >= 0.6 is 22.7 Å². The van der Waals surface area contributed by atoms with Gasteiger partial charge in [0, 0.05) is 55.0 Å². The van der Waals surface area contributed by atoms with Gasteiger partial charge in [-0.05, 0) is 66.7 Å². The molecule has 2 aliphatic rings. The lowest BCUT2D eigenvalue weighted by Crippen LogP contribution is -2.48. The number of aryl methyl sites for hydroxylation is 1. The topological polar surface area (TPSA) is 167 Å². The molecule has 0 unspecified atom stereocenters. The summed E-state index contributed by atoms with van der Waals surface area (Å²) in [5, 5.41) is 36.8. The maximum Gasteiger partial charge on any atom is 0.254 e. The van der Waals surface area contributed by atoms with Crippen LogP contribution in [0.3, 0.4) is 0 Å². The third-order valence-corrected chi connectivity index (χ3v) is 13.3.